The molecule has 4 nitrogen and oxygen atoms in total. The first-order chi connectivity index (χ1) is 12.9. The first-order valence-electron chi connectivity index (χ1n) is 8.27. The topological polar surface area (TPSA) is 66.2 Å². The average molecular weight is 384 g/mol. The van der Waals surface area contributed by atoms with Crippen molar-refractivity contribution < 1.29 is 18.7 Å². The molecule has 0 aliphatic heterocycles. The highest BCUT2D eigenvalue weighted by Gasteiger charge is 2.21. The second kappa shape index (κ2) is 6.28. The molecule has 27 heavy (non-hydrogen) atoms. The number of carbonyl (C=O) groups is 1. The van der Waals surface area contributed by atoms with E-state index in [9.17, 15) is 9.18 Å². The van der Waals surface area contributed by atoms with Crippen LogP contribution in [0.4, 0.5) is 4.39 Å². The summed E-state index contributed by atoms with van der Waals surface area (Å²) in [5, 5.41) is 9.94. The van der Waals surface area contributed by atoms with Crippen LogP contribution in [-0.4, -0.2) is 16.1 Å². The summed E-state index contributed by atoms with van der Waals surface area (Å²) >= 11 is 6.51. The van der Waals surface area contributed by atoms with Crippen LogP contribution in [0.2, 0.25) is 5.02 Å². The summed E-state index contributed by atoms with van der Waals surface area (Å²) in [5.41, 5.74) is 4.20. The number of aromatic nitrogens is 1. The van der Waals surface area contributed by atoms with Crippen LogP contribution in [0.25, 0.3) is 33.7 Å². The van der Waals surface area contributed by atoms with Crippen molar-refractivity contribution in [1.29, 1.82) is 0 Å². The van der Waals surface area contributed by atoms with Crippen molar-refractivity contribution in [2.45, 2.75) is 13.8 Å². The summed E-state index contributed by atoms with van der Waals surface area (Å²) < 4.78 is 20.0. The Morgan fingerprint density at radius 2 is 1.78 bits per heavy atom. The van der Waals surface area contributed by atoms with E-state index in [2.05, 4.69) is 4.98 Å². The molecule has 0 atom stereocenters. The van der Waals surface area contributed by atoms with Gasteiger partial charge in [0, 0.05) is 11.1 Å². The van der Waals surface area contributed by atoms with E-state index < -0.39 is 5.97 Å². The predicted octanol–water partition coefficient (Wildman–Crippen LogP) is 6.20. The Labute approximate surface area is 159 Å². The van der Waals surface area contributed by atoms with Crippen molar-refractivity contribution in [3.63, 3.8) is 0 Å². The van der Waals surface area contributed by atoms with Gasteiger partial charge in [-0.05, 0) is 60.9 Å². The molecule has 0 unspecified atom stereocenters. The average Bonchev–Trinajstić information content (AvgIpc) is 3.25. The fourth-order valence-electron chi connectivity index (χ4n) is 3.17. The zero-order chi connectivity index (χ0) is 19.3. The van der Waals surface area contributed by atoms with Crippen molar-refractivity contribution in [3.8, 4) is 22.7 Å². The Bertz CT molecular complexity index is 1190. The van der Waals surface area contributed by atoms with Crippen molar-refractivity contribution in [2.75, 3.05) is 0 Å². The maximum atomic E-state index is 14.1. The fraction of sp³-hybridized carbons (Fsp3) is 0.0952. The van der Waals surface area contributed by atoms with Gasteiger partial charge in [-0.15, -0.1) is 0 Å². The fourth-order valence-corrected chi connectivity index (χ4v) is 3.54. The Morgan fingerprint density at radius 1 is 1.11 bits per heavy atom. The number of aryl methyl sites for hydroxylation is 2. The summed E-state index contributed by atoms with van der Waals surface area (Å²) in [5.74, 6) is -0.849. The van der Waals surface area contributed by atoms with Gasteiger partial charge < -0.3 is 14.5 Å². The van der Waals surface area contributed by atoms with Crippen molar-refractivity contribution >= 4 is 28.5 Å². The van der Waals surface area contributed by atoms with Gasteiger partial charge >= 0.3 is 5.97 Å². The second-order valence-electron chi connectivity index (χ2n) is 6.42. The van der Waals surface area contributed by atoms with Gasteiger partial charge in [-0.1, -0.05) is 23.7 Å². The quantitative estimate of drug-likeness (QED) is 0.442. The maximum absolute atomic E-state index is 14.1. The van der Waals surface area contributed by atoms with E-state index in [1.54, 1.807) is 38.1 Å². The van der Waals surface area contributed by atoms with E-state index in [0.717, 1.165) is 11.3 Å². The molecule has 136 valence electrons. The SMILES string of the molecule is Cc1cc(F)c(C)c2c(Cl)c(-c3ccc(-c4ccc(C(=O)O)cc4)[nH]3)oc12. The second-order valence-corrected chi connectivity index (χ2v) is 6.80. The van der Waals surface area contributed by atoms with Crippen molar-refractivity contribution in [1.82, 2.24) is 4.98 Å². The standard InChI is InChI=1S/C21H15ClFNO3/c1-10-9-14(23)11(2)17-18(22)20(27-19(10)17)16-8-7-15(24-16)12-3-5-13(6-4-12)21(25)26/h3-9,24H,1-2H3,(H,25,26). The number of aromatic amines is 1. The molecule has 0 amide bonds. The molecule has 2 aromatic carbocycles. The molecule has 0 bridgehead atoms. The van der Waals surface area contributed by atoms with Gasteiger partial charge in [-0.2, -0.15) is 0 Å². The lowest BCUT2D eigenvalue weighted by Gasteiger charge is -2.00. The molecule has 0 saturated heterocycles. The van der Waals surface area contributed by atoms with Crippen molar-refractivity contribution in [2.24, 2.45) is 0 Å². The first kappa shape index (κ1) is 17.4. The molecule has 2 N–H and O–H groups in total. The van der Waals surface area contributed by atoms with Gasteiger partial charge in [0.2, 0.25) is 0 Å². The highest BCUT2D eigenvalue weighted by atomic mass is 35.5. The minimum atomic E-state index is -0.972. The molecular weight excluding hydrogens is 369 g/mol. The Balaban J connectivity index is 1.80. The van der Waals surface area contributed by atoms with Crippen LogP contribution in [0, 0.1) is 19.7 Å². The molecular formula is C21H15ClFNO3. The summed E-state index contributed by atoms with van der Waals surface area (Å²) in [6, 6.07) is 11.7. The molecule has 2 heterocycles. The normalized spacial score (nSPS) is 11.3. The molecule has 0 aliphatic carbocycles. The zero-order valence-electron chi connectivity index (χ0n) is 14.6. The number of benzene rings is 2. The van der Waals surface area contributed by atoms with E-state index in [0.29, 0.717) is 38.6 Å². The van der Waals surface area contributed by atoms with Crippen LogP contribution < -0.4 is 0 Å². The summed E-state index contributed by atoms with van der Waals surface area (Å²) in [6.45, 7) is 3.45. The third-order valence-electron chi connectivity index (χ3n) is 4.66. The minimum Gasteiger partial charge on any atom is -0.478 e. The lowest BCUT2D eigenvalue weighted by atomic mass is 10.1. The van der Waals surface area contributed by atoms with E-state index in [-0.39, 0.29) is 11.4 Å². The molecule has 0 spiro atoms. The number of fused-ring (bicyclic) bond motifs is 1. The smallest absolute Gasteiger partial charge is 0.335 e. The molecule has 6 heteroatoms. The molecule has 0 saturated carbocycles. The third-order valence-corrected chi connectivity index (χ3v) is 5.02. The lowest BCUT2D eigenvalue weighted by Crippen LogP contribution is -1.94. The predicted molar refractivity (Wildman–Crippen MR) is 103 cm³/mol. The highest BCUT2D eigenvalue weighted by Crippen LogP contribution is 2.41. The van der Waals surface area contributed by atoms with E-state index >= 15 is 0 Å². The molecule has 0 fully saturated rings. The zero-order valence-corrected chi connectivity index (χ0v) is 15.3. The molecule has 4 rings (SSSR count). The summed E-state index contributed by atoms with van der Waals surface area (Å²) in [7, 11) is 0. The number of rotatable bonds is 3. The van der Waals surface area contributed by atoms with E-state index in [1.807, 2.05) is 12.1 Å². The van der Waals surface area contributed by atoms with Gasteiger partial charge in [-0.3, -0.25) is 0 Å². The third kappa shape index (κ3) is 2.80. The van der Waals surface area contributed by atoms with Gasteiger partial charge in [0.25, 0.3) is 0 Å². The highest BCUT2D eigenvalue weighted by molar-refractivity contribution is 6.38. The van der Waals surface area contributed by atoms with E-state index in [1.165, 1.54) is 6.07 Å². The Morgan fingerprint density at radius 3 is 2.44 bits per heavy atom. The van der Waals surface area contributed by atoms with Crippen LogP contribution in [0.5, 0.6) is 0 Å². The van der Waals surface area contributed by atoms with Gasteiger partial charge in [-0.25, -0.2) is 9.18 Å². The minimum absolute atomic E-state index is 0.221. The monoisotopic (exact) mass is 383 g/mol. The number of carboxylic acids is 1. The number of carboxylic acid groups (broad SMARTS) is 1. The number of halogens is 2. The first-order valence-corrected chi connectivity index (χ1v) is 8.65. The summed E-state index contributed by atoms with van der Waals surface area (Å²) in [4.78, 5) is 14.2. The Kier molecular flexibility index (Phi) is 4.04. The van der Waals surface area contributed by atoms with Gasteiger partial charge in [0.05, 0.1) is 16.3 Å². The van der Waals surface area contributed by atoms with Crippen molar-refractivity contribution in [3.05, 3.63) is 70.0 Å². The number of hydrogen-bond donors (Lipinski definition) is 2. The van der Waals surface area contributed by atoms with Crippen LogP contribution in [0.15, 0.2) is 46.9 Å². The Hall–Kier alpha value is -3.05. The number of nitrogens with one attached hydrogen (secondary N) is 1. The van der Waals surface area contributed by atoms with Crippen LogP contribution in [0.1, 0.15) is 21.5 Å². The largest absolute Gasteiger partial charge is 0.478 e. The number of furan rings is 1. The lowest BCUT2D eigenvalue weighted by molar-refractivity contribution is 0.0697. The molecule has 4 aromatic rings. The molecule has 0 radical (unpaired) electrons. The summed E-state index contributed by atoms with van der Waals surface area (Å²) in [6.07, 6.45) is 0. The van der Waals surface area contributed by atoms with Crippen LogP contribution in [0.3, 0.4) is 0 Å². The maximum Gasteiger partial charge on any atom is 0.335 e. The van der Waals surface area contributed by atoms with Gasteiger partial charge in [0.15, 0.2) is 5.76 Å². The number of H-pyrrole nitrogens is 1. The number of hydrogen-bond acceptors (Lipinski definition) is 2. The molecule has 2 aromatic heterocycles. The van der Waals surface area contributed by atoms with Crippen LogP contribution in [-0.2, 0) is 0 Å². The number of aromatic carboxylic acids is 1. The van der Waals surface area contributed by atoms with Gasteiger partial charge in [0.1, 0.15) is 11.4 Å². The van der Waals surface area contributed by atoms with Crippen LogP contribution >= 0.6 is 11.6 Å². The molecule has 0 aliphatic rings. The van der Waals surface area contributed by atoms with E-state index in [4.69, 9.17) is 21.1 Å².